The van der Waals surface area contributed by atoms with E-state index < -0.39 is 0 Å². The van der Waals surface area contributed by atoms with Gasteiger partial charge in [-0.2, -0.15) is 0 Å². The highest BCUT2D eigenvalue weighted by molar-refractivity contribution is 5.16. The van der Waals surface area contributed by atoms with Crippen LogP contribution in [0.4, 0.5) is 0 Å². The summed E-state index contributed by atoms with van der Waals surface area (Å²) in [6.07, 6.45) is 2.02. The van der Waals surface area contributed by atoms with Crippen LogP contribution in [0.2, 0.25) is 0 Å². The van der Waals surface area contributed by atoms with Gasteiger partial charge in [-0.3, -0.25) is 0 Å². The van der Waals surface area contributed by atoms with Gasteiger partial charge in [-0.05, 0) is 24.3 Å². The second-order valence-electron chi connectivity index (χ2n) is 3.25. The van der Waals surface area contributed by atoms with Crippen molar-refractivity contribution < 1.29 is 5.11 Å². The fourth-order valence-corrected chi connectivity index (χ4v) is 1.37. The summed E-state index contributed by atoms with van der Waals surface area (Å²) in [6.45, 7) is 0. The molecule has 1 aromatic rings. The Labute approximate surface area is 66.7 Å². The Morgan fingerprint density at radius 2 is 1.91 bits per heavy atom. The van der Waals surface area contributed by atoms with Gasteiger partial charge in [0.25, 0.3) is 0 Å². The maximum Gasteiger partial charge on any atom is 0.0576 e. The Morgan fingerprint density at radius 3 is 2.45 bits per heavy atom. The second kappa shape index (κ2) is 2.67. The van der Waals surface area contributed by atoms with Crippen LogP contribution >= 0.6 is 0 Å². The topological polar surface area (TPSA) is 20.2 Å². The molecule has 1 heteroatoms. The Hall–Kier alpha value is -0.820. The van der Waals surface area contributed by atoms with E-state index in [0.717, 1.165) is 12.8 Å². The molecule has 2 rings (SSSR count). The third-order valence-corrected chi connectivity index (χ3v) is 2.23. The van der Waals surface area contributed by atoms with Crippen molar-refractivity contribution in [1.29, 1.82) is 0 Å². The summed E-state index contributed by atoms with van der Waals surface area (Å²) in [5.41, 5.74) is 1.34. The molecule has 0 heterocycles. The maximum atomic E-state index is 9.09. The van der Waals surface area contributed by atoms with Crippen LogP contribution in [-0.2, 0) is 6.42 Å². The molecule has 0 saturated heterocycles. The molecule has 58 valence electrons. The summed E-state index contributed by atoms with van der Waals surface area (Å²) in [5.74, 6) is 0.539. The highest BCUT2D eigenvalue weighted by Crippen LogP contribution is 2.33. The highest BCUT2D eigenvalue weighted by atomic mass is 16.3. The Morgan fingerprint density at radius 1 is 1.27 bits per heavy atom. The van der Waals surface area contributed by atoms with Gasteiger partial charge in [0.15, 0.2) is 0 Å². The summed E-state index contributed by atoms with van der Waals surface area (Å²) >= 11 is 0. The molecule has 0 aromatic heterocycles. The minimum absolute atomic E-state index is 0.0183. The number of rotatable bonds is 2. The molecule has 2 atom stereocenters. The fraction of sp³-hybridized carbons (Fsp3) is 0.400. The first-order chi connectivity index (χ1) is 5.36. The normalized spacial score (nSPS) is 28.5. The van der Waals surface area contributed by atoms with Crippen LogP contribution in [0.5, 0.6) is 0 Å². The van der Waals surface area contributed by atoms with Crippen LogP contribution in [0.3, 0.4) is 0 Å². The van der Waals surface area contributed by atoms with Gasteiger partial charge >= 0.3 is 0 Å². The van der Waals surface area contributed by atoms with Gasteiger partial charge in [-0.15, -0.1) is 0 Å². The summed E-state index contributed by atoms with van der Waals surface area (Å²) in [5, 5.41) is 9.09. The second-order valence-corrected chi connectivity index (χ2v) is 3.25. The molecule has 1 saturated carbocycles. The molecule has 0 unspecified atom stereocenters. The quantitative estimate of drug-likeness (QED) is 0.675. The van der Waals surface area contributed by atoms with Crippen LogP contribution in [-0.4, -0.2) is 11.2 Å². The van der Waals surface area contributed by atoms with Gasteiger partial charge in [0.05, 0.1) is 6.10 Å². The van der Waals surface area contributed by atoms with Crippen molar-refractivity contribution in [3.8, 4) is 0 Å². The average molecular weight is 148 g/mol. The van der Waals surface area contributed by atoms with Crippen molar-refractivity contribution in [2.75, 3.05) is 0 Å². The molecule has 0 amide bonds. The number of hydrogen-bond donors (Lipinski definition) is 1. The zero-order valence-corrected chi connectivity index (χ0v) is 6.40. The van der Waals surface area contributed by atoms with Gasteiger partial charge in [-0.1, -0.05) is 30.3 Å². The van der Waals surface area contributed by atoms with Crippen LogP contribution in [0, 0.1) is 5.92 Å². The lowest BCUT2D eigenvalue weighted by atomic mass is 10.1. The first-order valence-electron chi connectivity index (χ1n) is 4.08. The van der Waals surface area contributed by atoms with E-state index in [0.29, 0.717) is 5.92 Å². The third-order valence-electron chi connectivity index (χ3n) is 2.23. The zero-order valence-electron chi connectivity index (χ0n) is 6.40. The summed E-state index contributed by atoms with van der Waals surface area (Å²) in [7, 11) is 0. The van der Waals surface area contributed by atoms with Gasteiger partial charge < -0.3 is 5.11 Å². The molecule has 0 spiro atoms. The lowest BCUT2D eigenvalue weighted by Gasteiger charge is -1.96. The van der Waals surface area contributed by atoms with Crippen LogP contribution in [0.1, 0.15) is 12.0 Å². The van der Waals surface area contributed by atoms with Gasteiger partial charge in [0.1, 0.15) is 0 Å². The predicted octanol–water partition coefficient (Wildman–Crippen LogP) is 1.61. The zero-order chi connectivity index (χ0) is 7.68. The van der Waals surface area contributed by atoms with Gasteiger partial charge in [0.2, 0.25) is 0 Å². The fourth-order valence-electron chi connectivity index (χ4n) is 1.37. The molecule has 1 nitrogen and oxygen atoms in total. The number of aliphatic hydroxyl groups is 1. The molecule has 0 bridgehead atoms. The first kappa shape index (κ1) is 6.86. The third kappa shape index (κ3) is 1.60. The van der Waals surface area contributed by atoms with E-state index in [1.165, 1.54) is 5.56 Å². The highest BCUT2D eigenvalue weighted by Gasteiger charge is 2.34. The lowest BCUT2D eigenvalue weighted by molar-refractivity contribution is 0.259. The van der Waals surface area contributed by atoms with E-state index in [-0.39, 0.29) is 6.10 Å². The van der Waals surface area contributed by atoms with E-state index in [9.17, 15) is 0 Å². The Kier molecular flexibility index (Phi) is 1.66. The minimum atomic E-state index is -0.0183. The molecule has 1 aromatic carbocycles. The van der Waals surface area contributed by atoms with Crippen molar-refractivity contribution in [3.05, 3.63) is 35.9 Å². The van der Waals surface area contributed by atoms with E-state index in [4.69, 9.17) is 5.11 Å². The minimum Gasteiger partial charge on any atom is -0.393 e. The van der Waals surface area contributed by atoms with Gasteiger partial charge in [0, 0.05) is 0 Å². The van der Waals surface area contributed by atoms with E-state index >= 15 is 0 Å². The SMILES string of the molecule is O[C@@H]1C[C@H]1Cc1ccccc1. The largest absolute Gasteiger partial charge is 0.393 e. The summed E-state index contributed by atoms with van der Waals surface area (Å²) in [4.78, 5) is 0. The maximum absolute atomic E-state index is 9.09. The average Bonchev–Trinajstić information content (AvgIpc) is 2.69. The molecule has 1 aliphatic rings. The monoisotopic (exact) mass is 148 g/mol. The van der Waals surface area contributed by atoms with Crippen molar-refractivity contribution in [2.45, 2.75) is 18.9 Å². The van der Waals surface area contributed by atoms with E-state index in [1.54, 1.807) is 0 Å². The molecule has 0 radical (unpaired) electrons. The van der Waals surface area contributed by atoms with E-state index in [2.05, 4.69) is 12.1 Å². The molecule has 11 heavy (non-hydrogen) atoms. The van der Waals surface area contributed by atoms with Crippen LogP contribution < -0.4 is 0 Å². The van der Waals surface area contributed by atoms with E-state index in [1.807, 2.05) is 18.2 Å². The molecule has 1 aliphatic carbocycles. The van der Waals surface area contributed by atoms with Crippen molar-refractivity contribution in [1.82, 2.24) is 0 Å². The summed E-state index contributed by atoms with van der Waals surface area (Å²) in [6, 6.07) is 10.3. The van der Waals surface area contributed by atoms with Crippen molar-refractivity contribution in [2.24, 2.45) is 5.92 Å². The number of hydrogen-bond acceptors (Lipinski definition) is 1. The molecule has 0 aliphatic heterocycles. The first-order valence-corrected chi connectivity index (χ1v) is 4.08. The van der Waals surface area contributed by atoms with Crippen molar-refractivity contribution >= 4 is 0 Å². The Balaban J connectivity index is 1.97. The molecular formula is C10H12O. The lowest BCUT2D eigenvalue weighted by Crippen LogP contribution is -1.90. The number of benzene rings is 1. The summed E-state index contributed by atoms with van der Waals surface area (Å²) < 4.78 is 0. The predicted molar refractivity (Wildman–Crippen MR) is 44.3 cm³/mol. The van der Waals surface area contributed by atoms with Crippen molar-refractivity contribution in [3.63, 3.8) is 0 Å². The standard InChI is InChI=1S/C10H12O/c11-10-7-9(10)6-8-4-2-1-3-5-8/h1-5,9-11H,6-7H2/t9-,10-/m1/s1. The van der Waals surface area contributed by atoms with Crippen LogP contribution in [0.25, 0.3) is 0 Å². The Bertz CT molecular complexity index is 230. The van der Waals surface area contributed by atoms with Gasteiger partial charge in [-0.25, -0.2) is 0 Å². The molecular weight excluding hydrogens is 136 g/mol. The molecule has 1 fully saturated rings. The van der Waals surface area contributed by atoms with Crippen LogP contribution in [0.15, 0.2) is 30.3 Å². The molecule has 1 N–H and O–H groups in total. The number of aliphatic hydroxyl groups excluding tert-OH is 1. The smallest absolute Gasteiger partial charge is 0.0576 e.